The van der Waals surface area contributed by atoms with Crippen molar-refractivity contribution in [1.82, 2.24) is 0 Å². The van der Waals surface area contributed by atoms with Crippen LogP contribution in [0.2, 0.25) is 0 Å². The SMILES string of the molecule is c1ccc(N(c2cccc(-c3ccc4sc5ccccc5c4c3)c2)c2cccc(-c3cccc4c3Oc3ccccc3C43c4ccccc4-c4ccccc43)c2)cc1. The highest BCUT2D eigenvalue weighted by atomic mass is 32.1. The minimum atomic E-state index is -0.514. The summed E-state index contributed by atoms with van der Waals surface area (Å²) in [6.45, 7) is 0. The van der Waals surface area contributed by atoms with Gasteiger partial charge < -0.3 is 9.64 Å². The number of hydrogen-bond donors (Lipinski definition) is 0. The molecule has 1 aromatic heterocycles. The van der Waals surface area contributed by atoms with Crippen LogP contribution in [0.25, 0.3) is 53.6 Å². The smallest absolute Gasteiger partial charge is 0.140 e. The molecule has 2 heterocycles. The van der Waals surface area contributed by atoms with Crippen LogP contribution in [0.4, 0.5) is 17.1 Å². The standard InChI is InChI=1S/C55H35NOS/c1-2-17-39(18-3-1)56(40-19-12-15-36(33-40)37-31-32-53-46(35-37)45-23-6-11-30-52(45)58-53)41-20-13-16-38(34-41)42-24-14-28-50-54(42)57-51-29-10-9-27-49(51)55(50)47-25-7-4-21-43(47)44-22-5-8-26-48(44)55/h1-35H. The third-order valence-corrected chi connectivity index (χ3v) is 13.3. The highest BCUT2D eigenvalue weighted by Crippen LogP contribution is 2.63. The lowest BCUT2D eigenvalue weighted by atomic mass is 9.65. The Balaban J connectivity index is 1.02. The van der Waals surface area contributed by atoms with E-state index in [0.717, 1.165) is 45.3 Å². The maximum absolute atomic E-state index is 7.05. The fraction of sp³-hybridized carbons (Fsp3) is 0.0182. The first kappa shape index (κ1) is 33.0. The van der Waals surface area contributed by atoms with Crippen LogP contribution in [0.15, 0.2) is 212 Å². The summed E-state index contributed by atoms with van der Waals surface area (Å²) in [4.78, 5) is 2.36. The van der Waals surface area contributed by atoms with Gasteiger partial charge in [-0.2, -0.15) is 0 Å². The zero-order valence-electron chi connectivity index (χ0n) is 31.5. The van der Waals surface area contributed by atoms with E-state index in [4.69, 9.17) is 4.74 Å². The van der Waals surface area contributed by atoms with E-state index in [1.807, 2.05) is 11.3 Å². The summed E-state index contributed by atoms with van der Waals surface area (Å²) in [5.41, 5.74) is 14.8. The van der Waals surface area contributed by atoms with E-state index in [9.17, 15) is 0 Å². The van der Waals surface area contributed by atoms with Gasteiger partial charge in [-0.3, -0.25) is 0 Å². The van der Waals surface area contributed by atoms with E-state index in [-0.39, 0.29) is 0 Å². The molecule has 0 radical (unpaired) electrons. The van der Waals surface area contributed by atoms with E-state index in [1.165, 1.54) is 59.1 Å². The van der Waals surface area contributed by atoms with Crippen LogP contribution in [0.3, 0.4) is 0 Å². The number of thiophene rings is 1. The molecule has 9 aromatic carbocycles. The maximum atomic E-state index is 7.05. The van der Waals surface area contributed by atoms with Crippen LogP contribution < -0.4 is 9.64 Å². The van der Waals surface area contributed by atoms with Crippen molar-refractivity contribution in [2.75, 3.05) is 4.90 Å². The van der Waals surface area contributed by atoms with Gasteiger partial charge in [0.05, 0.1) is 5.41 Å². The van der Waals surface area contributed by atoms with Gasteiger partial charge in [0.1, 0.15) is 11.5 Å². The van der Waals surface area contributed by atoms with E-state index in [1.54, 1.807) is 0 Å². The Bertz CT molecular complexity index is 3190. The highest BCUT2D eigenvalue weighted by molar-refractivity contribution is 7.25. The van der Waals surface area contributed by atoms with Gasteiger partial charge in [-0.1, -0.05) is 152 Å². The van der Waals surface area contributed by atoms with Gasteiger partial charge in [-0.05, 0) is 99.6 Å². The van der Waals surface area contributed by atoms with Crippen molar-refractivity contribution >= 4 is 48.6 Å². The van der Waals surface area contributed by atoms with Crippen molar-refractivity contribution in [2.45, 2.75) is 5.41 Å². The predicted molar refractivity (Wildman–Crippen MR) is 242 cm³/mol. The van der Waals surface area contributed by atoms with Crippen LogP contribution in [-0.2, 0) is 5.41 Å². The second-order valence-corrected chi connectivity index (χ2v) is 16.3. The summed E-state index contributed by atoms with van der Waals surface area (Å²) < 4.78 is 9.68. The van der Waals surface area contributed by atoms with Crippen LogP contribution in [0.5, 0.6) is 11.5 Å². The second-order valence-electron chi connectivity index (χ2n) is 15.2. The molecule has 0 N–H and O–H groups in total. The normalized spacial score (nSPS) is 13.1. The zero-order chi connectivity index (χ0) is 38.2. The average molecular weight is 758 g/mol. The van der Waals surface area contributed by atoms with E-state index >= 15 is 0 Å². The largest absolute Gasteiger partial charge is 0.456 e. The molecule has 0 atom stereocenters. The molecule has 3 heteroatoms. The highest BCUT2D eigenvalue weighted by Gasteiger charge is 2.51. The molecule has 1 spiro atoms. The zero-order valence-corrected chi connectivity index (χ0v) is 32.3. The minimum Gasteiger partial charge on any atom is -0.456 e. The number of ether oxygens (including phenoxy) is 1. The number of para-hydroxylation sites is 3. The molecule has 12 rings (SSSR count). The Labute approximate surface area is 341 Å². The first-order valence-electron chi connectivity index (χ1n) is 19.8. The molecule has 2 aliphatic rings. The molecule has 0 saturated heterocycles. The van der Waals surface area contributed by atoms with Crippen molar-refractivity contribution in [1.29, 1.82) is 0 Å². The Morgan fingerprint density at radius 1 is 0.362 bits per heavy atom. The van der Waals surface area contributed by atoms with E-state index in [0.29, 0.717) is 0 Å². The molecule has 0 saturated carbocycles. The van der Waals surface area contributed by atoms with Crippen LogP contribution in [0.1, 0.15) is 22.3 Å². The lowest BCUT2D eigenvalue weighted by Gasteiger charge is -2.40. The molecule has 1 aliphatic heterocycles. The third kappa shape index (κ3) is 4.84. The molecule has 272 valence electrons. The first-order chi connectivity index (χ1) is 28.8. The average Bonchev–Trinajstić information content (AvgIpc) is 3.81. The molecule has 0 unspecified atom stereocenters. The Kier molecular flexibility index (Phi) is 7.35. The van der Waals surface area contributed by atoms with Crippen molar-refractivity contribution in [3.8, 4) is 44.9 Å². The molecular formula is C55H35NOS. The van der Waals surface area contributed by atoms with Crippen molar-refractivity contribution in [3.63, 3.8) is 0 Å². The van der Waals surface area contributed by atoms with Gasteiger partial charge in [-0.25, -0.2) is 0 Å². The predicted octanol–water partition coefficient (Wildman–Crippen LogP) is 15.3. The summed E-state index contributed by atoms with van der Waals surface area (Å²) in [6.07, 6.45) is 0. The van der Waals surface area contributed by atoms with Crippen LogP contribution in [-0.4, -0.2) is 0 Å². The fourth-order valence-corrected chi connectivity index (χ4v) is 10.8. The summed E-state index contributed by atoms with van der Waals surface area (Å²) in [7, 11) is 0. The van der Waals surface area contributed by atoms with E-state index in [2.05, 4.69) is 217 Å². The van der Waals surface area contributed by atoms with Gasteiger partial charge in [-0.15, -0.1) is 11.3 Å². The molecule has 0 fully saturated rings. The molecule has 2 nitrogen and oxygen atoms in total. The summed E-state index contributed by atoms with van der Waals surface area (Å²) in [5.74, 6) is 1.79. The summed E-state index contributed by atoms with van der Waals surface area (Å²) in [6, 6.07) is 77.2. The van der Waals surface area contributed by atoms with Gasteiger partial charge in [0.15, 0.2) is 0 Å². The van der Waals surface area contributed by atoms with Crippen molar-refractivity contribution in [3.05, 3.63) is 235 Å². The molecule has 58 heavy (non-hydrogen) atoms. The van der Waals surface area contributed by atoms with Gasteiger partial charge in [0.2, 0.25) is 0 Å². The van der Waals surface area contributed by atoms with Gasteiger partial charge in [0, 0.05) is 53.9 Å². The van der Waals surface area contributed by atoms with Gasteiger partial charge in [0.25, 0.3) is 0 Å². The van der Waals surface area contributed by atoms with Crippen LogP contribution >= 0.6 is 11.3 Å². The summed E-state index contributed by atoms with van der Waals surface area (Å²) >= 11 is 1.86. The quantitative estimate of drug-likeness (QED) is 0.173. The number of rotatable bonds is 5. The molecule has 10 aromatic rings. The Morgan fingerprint density at radius 2 is 0.914 bits per heavy atom. The lowest BCUT2D eigenvalue weighted by molar-refractivity contribution is 0.438. The van der Waals surface area contributed by atoms with Crippen LogP contribution in [0, 0.1) is 0 Å². The summed E-state index contributed by atoms with van der Waals surface area (Å²) in [5, 5.41) is 2.62. The monoisotopic (exact) mass is 757 g/mol. The van der Waals surface area contributed by atoms with E-state index < -0.39 is 5.41 Å². The molecule has 0 amide bonds. The lowest BCUT2D eigenvalue weighted by Crippen LogP contribution is -2.32. The number of hydrogen-bond acceptors (Lipinski definition) is 3. The second kappa shape index (κ2) is 12.9. The van der Waals surface area contributed by atoms with Crippen molar-refractivity contribution < 1.29 is 4.74 Å². The minimum absolute atomic E-state index is 0.514. The van der Waals surface area contributed by atoms with Crippen molar-refractivity contribution in [2.24, 2.45) is 0 Å². The molecule has 0 bridgehead atoms. The number of fused-ring (bicyclic) bond motifs is 12. The Hall–Kier alpha value is -7.20. The third-order valence-electron chi connectivity index (χ3n) is 12.1. The molecule has 1 aliphatic carbocycles. The number of benzene rings is 9. The number of nitrogens with zero attached hydrogens (tertiary/aromatic N) is 1. The maximum Gasteiger partial charge on any atom is 0.140 e. The Morgan fingerprint density at radius 3 is 1.71 bits per heavy atom. The van der Waals surface area contributed by atoms with Gasteiger partial charge >= 0.3 is 0 Å². The number of anilines is 3. The first-order valence-corrected chi connectivity index (χ1v) is 20.6. The fourth-order valence-electron chi connectivity index (χ4n) is 9.67. The topological polar surface area (TPSA) is 12.5 Å². The molecular weight excluding hydrogens is 723 g/mol.